The van der Waals surface area contributed by atoms with E-state index in [9.17, 15) is 10.2 Å². The summed E-state index contributed by atoms with van der Waals surface area (Å²) >= 11 is 0. The van der Waals surface area contributed by atoms with E-state index in [4.69, 9.17) is 0 Å². The third-order valence-electron chi connectivity index (χ3n) is 5.93. The summed E-state index contributed by atoms with van der Waals surface area (Å²) in [6.45, 7) is 25.1. The van der Waals surface area contributed by atoms with Gasteiger partial charge in [-0.25, -0.2) is 0 Å². The fraction of sp³-hybridized carbons (Fsp3) is 0.500. The lowest BCUT2D eigenvalue weighted by Crippen LogP contribution is -2.17. The first-order valence-electron chi connectivity index (χ1n) is 12.0. The van der Waals surface area contributed by atoms with Gasteiger partial charge in [-0.05, 0) is 57.8 Å². The zero-order chi connectivity index (χ0) is 26.3. The molecule has 0 fully saturated rings. The molecule has 0 amide bonds. The Labute approximate surface area is 207 Å². The van der Waals surface area contributed by atoms with E-state index in [0.29, 0.717) is 11.5 Å². The van der Waals surface area contributed by atoms with Crippen LogP contribution < -0.4 is 0 Å². The number of hydrogen-bond donors (Lipinski definition) is 2. The lowest BCUT2D eigenvalue weighted by molar-refractivity contribution is 0.422. The highest BCUT2D eigenvalue weighted by Crippen LogP contribution is 2.40. The Balaban J connectivity index is 2.59. The minimum atomic E-state index is -0.202. The maximum absolute atomic E-state index is 10.9. The van der Waals surface area contributed by atoms with E-state index in [-0.39, 0.29) is 21.7 Å². The van der Waals surface area contributed by atoms with Crippen molar-refractivity contribution in [3.63, 3.8) is 0 Å². The number of aromatic hydroxyl groups is 2. The number of rotatable bonds is 0. The smallest absolute Gasteiger partial charge is 0.123 e. The lowest BCUT2D eigenvalue weighted by Gasteiger charge is -2.27. The van der Waals surface area contributed by atoms with Crippen LogP contribution in [-0.2, 0) is 21.7 Å². The highest BCUT2D eigenvalue weighted by atomic mass is 16.3. The van der Waals surface area contributed by atoms with Gasteiger partial charge in [-0.1, -0.05) is 94.9 Å². The van der Waals surface area contributed by atoms with Crippen LogP contribution in [0.15, 0.2) is 24.3 Å². The summed E-state index contributed by atoms with van der Waals surface area (Å²) in [5.74, 6) is 13.1. The Morgan fingerprint density at radius 3 is 0.824 bits per heavy atom. The van der Waals surface area contributed by atoms with Crippen molar-refractivity contribution < 1.29 is 10.2 Å². The maximum Gasteiger partial charge on any atom is 0.123 e. The number of phenols is 2. The number of phenolic OH excluding ortho intramolecular Hbond substituents is 2. The van der Waals surface area contributed by atoms with E-state index < -0.39 is 0 Å². The van der Waals surface area contributed by atoms with Gasteiger partial charge in [-0.15, -0.1) is 0 Å². The fourth-order valence-corrected chi connectivity index (χ4v) is 3.91. The van der Waals surface area contributed by atoms with Gasteiger partial charge in [0.25, 0.3) is 0 Å². The highest BCUT2D eigenvalue weighted by molar-refractivity contribution is 5.57. The average Bonchev–Trinajstić information content (AvgIpc) is 2.63. The van der Waals surface area contributed by atoms with Crippen LogP contribution in [-0.4, -0.2) is 10.2 Å². The van der Waals surface area contributed by atoms with Crippen LogP contribution >= 0.6 is 0 Å². The summed E-state index contributed by atoms with van der Waals surface area (Å²) in [6, 6.07) is 7.87. The Hall–Kier alpha value is -2.84. The van der Waals surface area contributed by atoms with E-state index >= 15 is 0 Å². The van der Waals surface area contributed by atoms with E-state index in [1.165, 1.54) is 0 Å². The van der Waals surface area contributed by atoms with Crippen LogP contribution in [0.5, 0.6) is 11.5 Å². The summed E-state index contributed by atoms with van der Waals surface area (Å²) in [5.41, 5.74) is 4.44. The fourth-order valence-electron chi connectivity index (χ4n) is 3.91. The maximum atomic E-state index is 10.9. The molecule has 0 unspecified atom stereocenters. The lowest BCUT2D eigenvalue weighted by atomic mass is 9.78. The largest absolute Gasteiger partial charge is 0.507 e. The Kier molecular flexibility index (Phi) is 7.31. The molecule has 0 bridgehead atoms. The van der Waals surface area contributed by atoms with Gasteiger partial charge in [0.05, 0.1) is 0 Å². The Morgan fingerprint density at radius 1 is 0.441 bits per heavy atom. The molecule has 0 aliphatic rings. The van der Waals surface area contributed by atoms with Crippen molar-refractivity contribution in [2.45, 2.75) is 105 Å². The second-order valence-electron chi connectivity index (χ2n) is 13.3. The molecule has 0 atom stereocenters. The second kappa shape index (κ2) is 9.07. The first-order valence-corrected chi connectivity index (χ1v) is 12.0. The van der Waals surface area contributed by atoms with Crippen LogP contribution in [0.2, 0.25) is 0 Å². The van der Waals surface area contributed by atoms with Crippen molar-refractivity contribution in [3.05, 3.63) is 57.6 Å². The van der Waals surface area contributed by atoms with Gasteiger partial charge in [0.15, 0.2) is 0 Å². The molecule has 2 aromatic carbocycles. The van der Waals surface area contributed by atoms with E-state index in [0.717, 1.165) is 33.4 Å². The minimum absolute atomic E-state index is 0.202. The monoisotopic (exact) mass is 458 g/mol. The zero-order valence-corrected chi connectivity index (χ0v) is 23.2. The van der Waals surface area contributed by atoms with Crippen LogP contribution in [0.1, 0.15) is 116 Å². The number of benzene rings is 2. The molecular weight excluding hydrogens is 416 g/mol. The molecule has 2 rings (SSSR count). The average molecular weight is 459 g/mol. The quantitative estimate of drug-likeness (QED) is 0.397. The SMILES string of the molecule is CC(C)(C)c1cc(C#CC#Cc2cc(C(C)(C)C)c(O)c(C(C)(C)C)c2)cc(C(C)(C)C)c1O. The molecule has 0 saturated heterocycles. The van der Waals surface area contributed by atoms with E-state index in [1.807, 2.05) is 24.3 Å². The van der Waals surface area contributed by atoms with Gasteiger partial charge in [-0.2, -0.15) is 0 Å². The van der Waals surface area contributed by atoms with Crippen molar-refractivity contribution >= 4 is 0 Å². The van der Waals surface area contributed by atoms with Crippen molar-refractivity contribution in [3.8, 4) is 35.2 Å². The van der Waals surface area contributed by atoms with Crippen molar-refractivity contribution in [1.29, 1.82) is 0 Å². The van der Waals surface area contributed by atoms with E-state index in [2.05, 4.69) is 107 Å². The van der Waals surface area contributed by atoms with Gasteiger partial charge >= 0.3 is 0 Å². The molecule has 0 spiro atoms. The molecule has 2 heteroatoms. The summed E-state index contributed by atoms with van der Waals surface area (Å²) in [4.78, 5) is 0. The standard InChI is InChI=1S/C32H42O2/c1-29(2,3)23-17-21(18-24(27(23)33)30(4,5)6)15-13-14-16-22-19-25(31(7,8)9)28(34)26(20-22)32(10,11)12/h17-20,33-34H,1-12H3. The van der Waals surface area contributed by atoms with Gasteiger partial charge in [0.2, 0.25) is 0 Å². The molecule has 34 heavy (non-hydrogen) atoms. The normalized spacial score (nSPS) is 12.5. The van der Waals surface area contributed by atoms with Crippen LogP contribution in [0.4, 0.5) is 0 Å². The third kappa shape index (κ3) is 6.39. The molecule has 0 saturated carbocycles. The molecular formula is C32H42O2. The van der Waals surface area contributed by atoms with Crippen LogP contribution in [0.25, 0.3) is 0 Å². The van der Waals surface area contributed by atoms with Gasteiger partial charge in [-0.3, -0.25) is 0 Å². The molecule has 0 aliphatic carbocycles. The molecule has 2 nitrogen and oxygen atoms in total. The molecule has 182 valence electrons. The summed E-state index contributed by atoms with van der Waals surface area (Å²) in [6.07, 6.45) is 0. The summed E-state index contributed by atoms with van der Waals surface area (Å²) in [5, 5.41) is 21.8. The predicted molar refractivity (Wildman–Crippen MR) is 145 cm³/mol. The zero-order valence-electron chi connectivity index (χ0n) is 23.2. The molecule has 0 radical (unpaired) electrons. The van der Waals surface area contributed by atoms with Crippen molar-refractivity contribution in [2.24, 2.45) is 0 Å². The summed E-state index contributed by atoms with van der Waals surface area (Å²) < 4.78 is 0. The number of hydrogen-bond acceptors (Lipinski definition) is 2. The van der Waals surface area contributed by atoms with Crippen LogP contribution in [0, 0.1) is 23.7 Å². The van der Waals surface area contributed by atoms with Crippen molar-refractivity contribution in [2.75, 3.05) is 0 Å². The van der Waals surface area contributed by atoms with E-state index in [1.54, 1.807) is 0 Å². The van der Waals surface area contributed by atoms with Crippen molar-refractivity contribution in [1.82, 2.24) is 0 Å². The third-order valence-corrected chi connectivity index (χ3v) is 5.93. The molecule has 2 N–H and O–H groups in total. The Morgan fingerprint density at radius 2 is 0.647 bits per heavy atom. The topological polar surface area (TPSA) is 40.5 Å². The second-order valence-corrected chi connectivity index (χ2v) is 13.3. The van der Waals surface area contributed by atoms with Gasteiger partial charge in [0.1, 0.15) is 11.5 Å². The van der Waals surface area contributed by atoms with Gasteiger partial charge in [0, 0.05) is 33.4 Å². The molecule has 2 aromatic rings. The molecule has 0 heterocycles. The summed E-state index contributed by atoms with van der Waals surface area (Å²) in [7, 11) is 0. The predicted octanol–water partition coefficient (Wildman–Crippen LogP) is 7.69. The highest BCUT2D eigenvalue weighted by Gasteiger charge is 2.27. The first-order chi connectivity index (χ1) is 15.2. The first kappa shape index (κ1) is 27.4. The van der Waals surface area contributed by atoms with Crippen LogP contribution in [0.3, 0.4) is 0 Å². The molecule has 0 aromatic heterocycles. The molecule has 0 aliphatic heterocycles. The van der Waals surface area contributed by atoms with Gasteiger partial charge < -0.3 is 10.2 Å². The Bertz CT molecular complexity index is 1030. The minimum Gasteiger partial charge on any atom is -0.507 e.